The van der Waals surface area contributed by atoms with E-state index in [-0.39, 0.29) is 17.5 Å². The number of imidazole rings is 1. The molecule has 4 nitrogen and oxygen atoms in total. The summed E-state index contributed by atoms with van der Waals surface area (Å²) >= 11 is 0. The van der Waals surface area contributed by atoms with Crippen molar-refractivity contribution in [1.29, 1.82) is 0 Å². The van der Waals surface area contributed by atoms with E-state index in [2.05, 4.69) is 10.3 Å². The van der Waals surface area contributed by atoms with Gasteiger partial charge in [-0.15, -0.1) is 0 Å². The Labute approximate surface area is 137 Å². The van der Waals surface area contributed by atoms with Crippen LogP contribution in [0, 0.1) is 11.6 Å². The Balaban J connectivity index is 1.51. The molecule has 0 aliphatic heterocycles. The number of carbonyl (C=O) groups excluding carboxylic acids is 1. The van der Waals surface area contributed by atoms with Crippen LogP contribution in [0.1, 0.15) is 11.3 Å². The van der Waals surface area contributed by atoms with E-state index < -0.39 is 0 Å². The molecule has 3 aromatic rings. The lowest BCUT2D eigenvalue weighted by atomic mass is 10.2. The Kier molecular flexibility index (Phi) is 4.65. The summed E-state index contributed by atoms with van der Waals surface area (Å²) in [7, 11) is 0. The molecule has 0 aliphatic carbocycles. The van der Waals surface area contributed by atoms with Crippen LogP contribution in [0.25, 0.3) is 11.7 Å². The van der Waals surface area contributed by atoms with Gasteiger partial charge in [0.1, 0.15) is 17.3 Å². The molecule has 1 N–H and O–H groups in total. The summed E-state index contributed by atoms with van der Waals surface area (Å²) in [5, 5.41) is 2.75. The maximum Gasteiger partial charge on any atom is 0.244 e. The first-order valence-electron chi connectivity index (χ1n) is 7.45. The zero-order valence-electron chi connectivity index (χ0n) is 12.7. The van der Waals surface area contributed by atoms with Crippen LogP contribution >= 0.6 is 0 Å². The zero-order valence-corrected chi connectivity index (χ0v) is 12.7. The number of hydrogen-bond acceptors (Lipinski definition) is 2. The van der Waals surface area contributed by atoms with E-state index in [1.165, 1.54) is 30.5 Å². The fourth-order valence-corrected chi connectivity index (χ4v) is 2.26. The van der Waals surface area contributed by atoms with Gasteiger partial charge in [-0.1, -0.05) is 12.1 Å². The molecule has 0 bridgehead atoms. The predicted molar refractivity (Wildman–Crippen MR) is 87.3 cm³/mol. The van der Waals surface area contributed by atoms with Crippen molar-refractivity contribution < 1.29 is 13.6 Å². The number of nitrogens with one attached hydrogen (secondary N) is 1. The second-order valence-electron chi connectivity index (χ2n) is 5.27. The Morgan fingerprint density at radius 1 is 1.08 bits per heavy atom. The molecule has 6 heteroatoms. The molecule has 0 fully saturated rings. The van der Waals surface area contributed by atoms with Gasteiger partial charge in [0.05, 0.1) is 5.69 Å². The number of halogens is 2. The molecule has 24 heavy (non-hydrogen) atoms. The van der Waals surface area contributed by atoms with Crippen LogP contribution in [0.3, 0.4) is 0 Å². The van der Waals surface area contributed by atoms with Crippen LogP contribution in [-0.2, 0) is 11.2 Å². The molecule has 1 aromatic carbocycles. The molecule has 0 spiro atoms. The topological polar surface area (TPSA) is 46.4 Å². The van der Waals surface area contributed by atoms with E-state index in [1.807, 2.05) is 0 Å². The van der Waals surface area contributed by atoms with Crippen molar-refractivity contribution in [3.63, 3.8) is 0 Å². The second-order valence-corrected chi connectivity index (χ2v) is 5.27. The lowest BCUT2D eigenvalue weighted by molar-refractivity contribution is -0.116. The SMILES string of the molecule is O=C(/C=C/c1ccc(F)cc1)NCCc1cn2cc(F)ccc2n1. The average Bonchev–Trinajstić information content (AvgIpc) is 2.96. The molecule has 0 saturated carbocycles. The van der Waals surface area contributed by atoms with Crippen LogP contribution in [0.5, 0.6) is 0 Å². The van der Waals surface area contributed by atoms with Gasteiger partial charge in [0.2, 0.25) is 5.91 Å². The van der Waals surface area contributed by atoms with E-state index in [0.29, 0.717) is 18.6 Å². The number of nitrogens with zero attached hydrogens (tertiary/aromatic N) is 2. The number of fused-ring (bicyclic) bond motifs is 1. The first-order chi connectivity index (χ1) is 11.6. The minimum absolute atomic E-state index is 0.242. The van der Waals surface area contributed by atoms with Gasteiger partial charge >= 0.3 is 0 Å². The highest BCUT2D eigenvalue weighted by Crippen LogP contribution is 2.07. The van der Waals surface area contributed by atoms with Crippen molar-refractivity contribution in [2.24, 2.45) is 0 Å². The summed E-state index contributed by atoms with van der Waals surface area (Å²) in [4.78, 5) is 16.1. The lowest BCUT2D eigenvalue weighted by Gasteiger charge is -1.99. The molecule has 1 amide bonds. The highest BCUT2D eigenvalue weighted by atomic mass is 19.1. The van der Waals surface area contributed by atoms with Gasteiger partial charge in [0.25, 0.3) is 0 Å². The van der Waals surface area contributed by atoms with Crippen LogP contribution in [0.4, 0.5) is 8.78 Å². The maximum atomic E-state index is 13.1. The Bertz CT molecular complexity index is 885. The first-order valence-corrected chi connectivity index (χ1v) is 7.45. The third kappa shape index (κ3) is 4.04. The molecule has 3 rings (SSSR count). The summed E-state index contributed by atoms with van der Waals surface area (Å²) in [5.74, 6) is -0.885. The van der Waals surface area contributed by atoms with E-state index in [4.69, 9.17) is 0 Å². The molecule has 0 unspecified atom stereocenters. The number of pyridine rings is 1. The summed E-state index contributed by atoms with van der Waals surface area (Å²) in [6.07, 6.45) is 6.64. The van der Waals surface area contributed by atoms with E-state index in [0.717, 1.165) is 11.3 Å². The minimum atomic E-state index is -0.328. The van der Waals surface area contributed by atoms with E-state index >= 15 is 0 Å². The number of amides is 1. The van der Waals surface area contributed by atoms with Crippen molar-refractivity contribution >= 4 is 17.6 Å². The van der Waals surface area contributed by atoms with Gasteiger partial charge in [-0.05, 0) is 35.9 Å². The van der Waals surface area contributed by atoms with Gasteiger partial charge in [-0.2, -0.15) is 0 Å². The standard InChI is InChI=1S/C18H15F2N3O/c19-14-4-1-13(2-5-14)3-8-18(24)21-10-9-16-12-23-11-15(20)6-7-17(23)22-16/h1-8,11-12H,9-10H2,(H,21,24)/b8-3+. The molecule has 0 aliphatic rings. The quantitative estimate of drug-likeness (QED) is 0.732. The normalized spacial score (nSPS) is 11.2. The summed E-state index contributed by atoms with van der Waals surface area (Å²) in [5.41, 5.74) is 2.17. The monoisotopic (exact) mass is 327 g/mol. The van der Waals surface area contributed by atoms with Gasteiger partial charge in [0, 0.05) is 31.4 Å². The molecule has 2 heterocycles. The first kappa shape index (κ1) is 15.9. The number of benzene rings is 1. The molecule has 0 atom stereocenters. The molecular formula is C18H15F2N3O. The molecule has 122 valence electrons. The number of rotatable bonds is 5. The molecule has 2 aromatic heterocycles. The van der Waals surface area contributed by atoms with Crippen LogP contribution < -0.4 is 5.32 Å². The molecule has 0 saturated heterocycles. The lowest BCUT2D eigenvalue weighted by Crippen LogP contribution is -2.23. The Morgan fingerprint density at radius 2 is 1.83 bits per heavy atom. The summed E-state index contributed by atoms with van der Waals surface area (Å²) < 4.78 is 27.5. The highest BCUT2D eigenvalue weighted by Gasteiger charge is 2.03. The summed E-state index contributed by atoms with van der Waals surface area (Å²) in [6.45, 7) is 0.416. The largest absolute Gasteiger partial charge is 0.352 e. The molecule has 0 radical (unpaired) electrons. The number of carbonyl (C=O) groups is 1. The predicted octanol–water partition coefficient (Wildman–Crippen LogP) is 2.98. The van der Waals surface area contributed by atoms with E-state index in [1.54, 1.807) is 34.9 Å². The van der Waals surface area contributed by atoms with Crippen molar-refractivity contribution in [2.45, 2.75) is 6.42 Å². The fraction of sp³-hybridized carbons (Fsp3) is 0.111. The number of hydrogen-bond donors (Lipinski definition) is 1. The minimum Gasteiger partial charge on any atom is -0.352 e. The maximum absolute atomic E-state index is 13.1. The zero-order chi connectivity index (χ0) is 16.9. The smallest absolute Gasteiger partial charge is 0.244 e. The van der Waals surface area contributed by atoms with Crippen molar-refractivity contribution in [3.8, 4) is 0 Å². The summed E-state index contributed by atoms with van der Waals surface area (Å²) in [6, 6.07) is 8.81. The fourth-order valence-electron chi connectivity index (χ4n) is 2.26. The third-order valence-electron chi connectivity index (χ3n) is 3.44. The van der Waals surface area contributed by atoms with Crippen LogP contribution in [-0.4, -0.2) is 21.8 Å². The van der Waals surface area contributed by atoms with Gasteiger partial charge < -0.3 is 9.72 Å². The highest BCUT2D eigenvalue weighted by molar-refractivity contribution is 5.91. The molecular weight excluding hydrogens is 312 g/mol. The number of aromatic nitrogens is 2. The van der Waals surface area contributed by atoms with Gasteiger partial charge in [-0.3, -0.25) is 4.79 Å². The van der Waals surface area contributed by atoms with Crippen molar-refractivity contribution in [3.05, 3.63) is 77.8 Å². The Hall–Kier alpha value is -3.02. The van der Waals surface area contributed by atoms with Crippen LogP contribution in [0.2, 0.25) is 0 Å². The average molecular weight is 327 g/mol. The Morgan fingerprint density at radius 3 is 2.62 bits per heavy atom. The van der Waals surface area contributed by atoms with Crippen molar-refractivity contribution in [1.82, 2.24) is 14.7 Å². The second kappa shape index (κ2) is 7.04. The van der Waals surface area contributed by atoms with Gasteiger partial charge in [0.15, 0.2) is 0 Å². The van der Waals surface area contributed by atoms with Gasteiger partial charge in [-0.25, -0.2) is 13.8 Å². The van der Waals surface area contributed by atoms with E-state index in [9.17, 15) is 13.6 Å². The van der Waals surface area contributed by atoms with Crippen molar-refractivity contribution in [2.75, 3.05) is 6.54 Å². The third-order valence-corrected chi connectivity index (χ3v) is 3.44. The van der Waals surface area contributed by atoms with Crippen LogP contribution in [0.15, 0.2) is 54.9 Å².